The van der Waals surface area contributed by atoms with Crippen molar-refractivity contribution < 1.29 is 18.7 Å². The van der Waals surface area contributed by atoms with Crippen LogP contribution in [-0.2, 0) is 14.3 Å². The van der Waals surface area contributed by atoms with Crippen LogP contribution in [0.4, 0.5) is 4.39 Å². The molecule has 3 aromatic carbocycles. The Kier molecular flexibility index (Phi) is 7.81. The van der Waals surface area contributed by atoms with Crippen molar-refractivity contribution in [2.45, 2.75) is 21.7 Å². The summed E-state index contributed by atoms with van der Waals surface area (Å²) in [6.45, 7) is 0. The molecule has 4 aromatic rings. The molecular weight excluding hydrogens is 580 g/mol. The van der Waals surface area contributed by atoms with Crippen LogP contribution in [-0.4, -0.2) is 33.9 Å². The van der Waals surface area contributed by atoms with Crippen LogP contribution in [0.1, 0.15) is 17.2 Å². The van der Waals surface area contributed by atoms with E-state index in [-0.39, 0.29) is 22.4 Å². The number of carbonyl (C=O) groups is 2. The first-order valence-electron chi connectivity index (χ1n) is 12.7. The second kappa shape index (κ2) is 11.7. The number of carbonyl (C=O) groups excluding carboxylic acids is 2. The molecular formula is C31H23FN2O4S3. The molecule has 206 valence electrons. The zero-order valence-corrected chi connectivity index (χ0v) is 23.9. The number of amides is 1. The van der Waals surface area contributed by atoms with Crippen molar-refractivity contribution in [3.63, 3.8) is 0 Å². The topological polar surface area (TPSA) is 89.7 Å². The highest BCUT2D eigenvalue weighted by Crippen LogP contribution is 2.41. The van der Waals surface area contributed by atoms with E-state index in [4.69, 9.17) is 10.5 Å². The molecule has 2 N–H and O–H groups in total. The van der Waals surface area contributed by atoms with Gasteiger partial charge in [0.25, 0.3) is 0 Å². The van der Waals surface area contributed by atoms with Crippen LogP contribution >= 0.6 is 34.9 Å². The Morgan fingerprint density at radius 2 is 1.71 bits per heavy atom. The first kappa shape index (κ1) is 27.5. The van der Waals surface area contributed by atoms with Gasteiger partial charge in [-0.2, -0.15) is 0 Å². The number of hydrogen-bond acceptors (Lipinski definition) is 8. The third kappa shape index (κ3) is 5.48. The summed E-state index contributed by atoms with van der Waals surface area (Å²) >= 11 is 4.07. The number of β-lactam (4-membered cyclic amide) rings is 1. The lowest BCUT2D eigenvalue weighted by Crippen LogP contribution is -2.68. The van der Waals surface area contributed by atoms with Crippen molar-refractivity contribution in [3.05, 3.63) is 135 Å². The van der Waals surface area contributed by atoms with Crippen LogP contribution in [0.15, 0.2) is 117 Å². The number of benzene rings is 3. The fourth-order valence-electron chi connectivity index (χ4n) is 4.75. The Labute approximate surface area is 247 Å². The Morgan fingerprint density at radius 1 is 1.02 bits per heavy atom. The summed E-state index contributed by atoms with van der Waals surface area (Å²) in [5, 5.41) is 1.88. The van der Waals surface area contributed by atoms with E-state index in [0.717, 1.165) is 11.1 Å². The summed E-state index contributed by atoms with van der Waals surface area (Å²) in [7, 11) is 0. The molecule has 0 saturated carbocycles. The zero-order chi connectivity index (χ0) is 28.5. The van der Waals surface area contributed by atoms with Crippen molar-refractivity contribution in [1.82, 2.24) is 4.90 Å². The van der Waals surface area contributed by atoms with E-state index in [9.17, 15) is 18.8 Å². The number of halogens is 1. The first-order chi connectivity index (χ1) is 19.9. The molecule has 2 aliphatic heterocycles. The van der Waals surface area contributed by atoms with Crippen molar-refractivity contribution in [3.8, 4) is 0 Å². The van der Waals surface area contributed by atoms with Crippen LogP contribution in [0.5, 0.6) is 0 Å². The lowest BCUT2D eigenvalue weighted by atomic mass is 10.0. The molecule has 41 heavy (non-hydrogen) atoms. The molecule has 6 nitrogen and oxygen atoms in total. The number of nitrogens with zero attached hydrogens (tertiary/aromatic N) is 1. The summed E-state index contributed by atoms with van der Waals surface area (Å²) in [4.78, 5) is 40.6. The summed E-state index contributed by atoms with van der Waals surface area (Å²) < 4.78 is 21.1. The summed E-state index contributed by atoms with van der Waals surface area (Å²) in [6, 6.07) is 23.8. The number of esters is 1. The Balaban J connectivity index is 1.32. The molecule has 0 aliphatic carbocycles. The normalized spacial score (nSPS) is 18.6. The number of ether oxygens (including phenoxy) is 1. The van der Waals surface area contributed by atoms with Gasteiger partial charge in [0.05, 0.1) is 4.21 Å². The highest BCUT2D eigenvalue weighted by atomic mass is 32.2. The Bertz CT molecular complexity index is 1720. The maximum atomic E-state index is 13.8. The fraction of sp³-hybridized carbons (Fsp3) is 0.129. The molecule has 2 aliphatic rings. The molecule has 1 amide bonds. The largest absolute Gasteiger partial charge is 0.448 e. The SMILES string of the molecule is N[C@@H]1C(=O)N2C(C(=O)OC(c3ccccc3)c3ccccc3)=C(C=CSc3cc(=O)c4ccc(F)cc4s3)CS[C@@H]12. The third-order valence-electron chi connectivity index (χ3n) is 6.78. The molecule has 3 heterocycles. The highest BCUT2D eigenvalue weighted by Gasteiger charge is 2.52. The van der Waals surface area contributed by atoms with Gasteiger partial charge in [-0.3, -0.25) is 14.5 Å². The Morgan fingerprint density at radius 3 is 2.39 bits per heavy atom. The highest BCUT2D eigenvalue weighted by molar-refractivity contribution is 8.04. The fourth-order valence-corrected chi connectivity index (χ4v) is 8.02. The lowest BCUT2D eigenvalue weighted by molar-refractivity contribution is -0.153. The molecule has 0 unspecified atom stereocenters. The van der Waals surface area contributed by atoms with Gasteiger partial charge in [-0.1, -0.05) is 72.4 Å². The molecule has 1 saturated heterocycles. The first-order valence-corrected chi connectivity index (χ1v) is 15.5. The van der Waals surface area contributed by atoms with Gasteiger partial charge in [-0.05, 0) is 46.4 Å². The van der Waals surface area contributed by atoms with Gasteiger partial charge in [0, 0.05) is 21.9 Å². The molecule has 1 aromatic heterocycles. The number of fused-ring (bicyclic) bond motifs is 2. The number of rotatable bonds is 7. The van der Waals surface area contributed by atoms with Gasteiger partial charge in [0.2, 0.25) is 5.91 Å². The number of allylic oxidation sites excluding steroid dienone is 1. The predicted molar refractivity (Wildman–Crippen MR) is 162 cm³/mol. The van der Waals surface area contributed by atoms with E-state index in [1.54, 1.807) is 11.5 Å². The lowest BCUT2D eigenvalue weighted by Gasteiger charge is -2.48. The van der Waals surface area contributed by atoms with Gasteiger partial charge in [0.15, 0.2) is 11.5 Å². The second-order valence-electron chi connectivity index (χ2n) is 9.41. The molecule has 0 bridgehead atoms. The van der Waals surface area contributed by atoms with Crippen molar-refractivity contribution >= 4 is 56.8 Å². The van der Waals surface area contributed by atoms with Crippen molar-refractivity contribution in [2.75, 3.05) is 5.75 Å². The summed E-state index contributed by atoms with van der Waals surface area (Å²) in [5.41, 5.74) is 8.25. The number of hydrogen-bond donors (Lipinski definition) is 1. The van der Waals surface area contributed by atoms with E-state index in [1.165, 1.54) is 64.0 Å². The van der Waals surface area contributed by atoms with E-state index in [2.05, 4.69) is 0 Å². The average molecular weight is 603 g/mol. The molecule has 0 spiro atoms. The minimum atomic E-state index is -0.683. The van der Waals surface area contributed by atoms with E-state index in [0.29, 0.717) is 25.6 Å². The standard InChI is InChI=1S/C31H23FN2O4S3/c32-21-11-12-22-23(35)16-25(41-24(22)15-21)39-14-13-20-17-40-30-26(33)29(36)34(30)27(20)31(37)38-28(18-7-3-1-4-8-18)19-9-5-2-6-10-19/h1-16,26,28,30H,17,33H2/t26-,30+/m1/s1. The van der Waals surface area contributed by atoms with Crippen LogP contribution in [0, 0.1) is 5.82 Å². The molecule has 6 rings (SSSR count). The van der Waals surface area contributed by atoms with Crippen LogP contribution in [0.2, 0.25) is 0 Å². The van der Waals surface area contributed by atoms with Crippen molar-refractivity contribution in [1.29, 1.82) is 0 Å². The van der Waals surface area contributed by atoms with E-state index >= 15 is 0 Å². The minimum Gasteiger partial charge on any atom is -0.448 e. The monoisotopic (exact) mass is 602 g/mol. The van der Waals surface area contributed by atoms with E-state index < -0.39 is 23.9 Å². The summed E-state index contributed by atoms with van der Waals surface area (Å²) in [5.74, 6) is -0.915. The molecule has 1 fully saturated rings. The van der Waals surface area contributed by atoms with Gasteiger partial charge < -0.3 is 10.5 Å². The molecule has 10 heteroatoms. The third-order valence-corrected chi connectivity index (χ3v) is 10.1. The van der Waals surface area contributed by atoms with Crippen LogP contribution < -0.4 is 11.2 Å². The maximum Gasteiger partial charge on any atom is 0.356 e. The quantitative estimate of drug-likeness (QED) is 0.162. The van der Waals surface area contributed by atoms with Crippen molar-refractivity contribution in [2.24, 2.45) is 5.73 Å². The zero-order valence-electron chi connectivity index (χ0n) is 21.4. The second-order valence-corrected chi connectivity index (χ2v) is 12.8. The Hall–Kier alpha value is -3.70. The van der Waals surface area contributed by atoms with Gasteiger partial charge in [0.1, 0.15) is 22.9 Å². The van der Waals surface area contributed by atoms with E-state index in [1.807, 2.05) is 60.7 Å². The molecule has 2 atom stereocenters. The van der Waals surface area contributed by atoms with Crippen LogP contribution in [0.3, 0.4) is 0 Å². The predicted octanol–water partition coefficient (Wildman–Crippen LogP) is 5.84. The minimum absolute atomic E-state index is 0.169. The number of thioether (sulfide) groups is 2. The maximum absolute atomic E-state index is 13.8. The molecule has 0 radical (unpaired) electrons. The average Bonchev–Trinajstić information content (AvgIpc) is 2.99. The van der Waals surface area contributed by atoms with Gasteiger partial charge in [-0.25, -0.2) is 9.18 Å². The smallest absolute Gasteiger partial charge is 0.356 e. The summed E-state index contributed by atoms with van der Waals surface area (Å²) in [6.07, 6.45) is 1.08. The van der Waals surface area contributed by atoms with Gasteiger partial charge >= 0.3 is 5.97 Å². The number of nitrogens with two attached hydrogens (primary N) is 1. The van der Waals surface area contributed by atoms with Crippen LogP contribution in [0.25, 0.3) is 10.1 Å². The van der Waals surface area contributed by atoms with Gasteiger partial charge in [-0.15, -0.1) is 23.1 Å².